The molecule has 0 unspecified atom stereocenters. The molecule has 0 aromatic heterocycles. The smallest absolute Gasteiger partial charge is 0.185 e. The van der Waals surface area contributed by atoms with Crippen LogP contribution in [0.25, 0.3) is 6.08 Å². The fourth-order valence-corrected chi connectivity index (χ4v) is 1.78. The van der Waals surface area contributed by atoms with Crippen molar-refractivity contribution in [2.75, 3.05) is 0 Å². The van der Waals surface area contributed by atoms with Crippen molar-refractivity contribution in [3.8, 4) is 6.07 Å². The fourth-order valence-electron chi connectivity index (χ4n) is 1.58. The summed E-state index contributed by atoms with van der Waals surface area (Å²) in [5, 5.41) is 9.29. The lowest BCUT2D eigenvalue weighted by Gasteiger charge is -1.97. The minimum atomic E-state index is -0.121. The van der Waals surface area contributed by atoms with E-state index in [2.05, 4.69) is 0 Å². The monoisotopic (exact) mass is 267 g/mol. The van der Waals surface area contributed by atoms with Crippen molar-refractivity contribution in [2.24, 2.45) is 0 Å². The first-order valence-electron chi connectivity index (χ1n) is 5.68. The summed E-state index contributed by atoms with van der Waals surface area (Å²) in [5.41, 5.74) is 1.88. The highest BCUT2D eigenvalue weighted by Gasteiger charge is 2.02. The SMILES string of the molecule is N#Cc1ccc(C(=O)/C=C/c2ccccc2Cl)cc1. The highest BCUT2D eigenvalue weighted by atomic mass is 35.5. The number of rotatable bonds is 3. The number of ketones is 1. The molecule has 2 aromatic carbocycles. The maximum Gasteiger partial charge on any atom is 0.185 e. The van der Waals surface area contributed by atoms with E-state index in [0.717, 1.165) is 5.56 Å². The highest BCUT2D eigenvalue weighted by molar-refractivity contribution is 6.32. The van der Waals surface area contributed by atoms with Crippen molar-refractivity contribution in [1.29, 1.82) is 5.26 Å². The van der Waals surface area contributed by atoms with Gasteiger partial charge < -0.3 is 0 Å². The molecule has 2 nitrogen and oxygen atoms in total. The first-order chi connectivity index (χ1) is 9.20. The molecular formula is C16H10ClNO. The maximum atomic E-state index is 11.9. The topological polar surface area (TPSA) is 40.9 Å². The van der Waals surface area contributed by atoms with E-state index < -0.39 is 0 Å². The summed E-state index contributed by atoms with van der Waals surface area (Å²) in [4.78, 5) is 11.9. The third kappa shape index (κ3) is 3.31. The second kappa shape index (κ2) is 5.99. The average molecular weight is 268 g/mol. The summed E-state index contributed by atoms with van der Waals surface area (Å²) in [5.74, 6) is -0.121. The minimum absolute atomic E-state index is 0.121. The molecule has 0 aliphatic rings. The second-order valence-electron chi connectivity index (χ2n) is 3.91. The van der Waals surface area contributed by atoms with E-state index in [0.29, 0.717) is 16.1 Å². The Morgan fingerprint density at radius 2 is 1.79 bits per heavy atom. The molecule has 0 bridgehead atoms. The van der Waals surface area contributed by atoms with E-state index in [4.69, 9.17) is 16.9 Å². The van der Waals surface area contributed by atoms with Gasteiger partial charge in [-0.2, -0.15) is 5.26 Å². The molecule has 0 saturated heterocycles. The normalized spacial score (nSPS) is 10.3. The fraction of sp³-hybridized carbons (Fsp3) is 0. The van der Waals surface area contributed by atoms with E-state index >= 15 is 0 Å². The molecule has 19 heavy (non-hydrogen) atoms. The number of carbonyl (C=O) groups is 1. The van der Waals surface area contributed by atoms with Gasteiger partial charge in [0.2, 0.25) is 0 Å². The second-order valence-corrected chi connectivity index (χ2v) is 4.32. The van der Waals surface area contributed by atoms with Crippen molar-refractivity contribution in [2.45, 2.75) is 0 Å². The average Bonchev–Trinajstić information content (AvgIpc) is 2.46. The number of carbonyl (C=O) groups excluding carboxylic acids is 1. The first-order valence-corrected chi connectivity index (χ1v) is 6.05. The van der Waals surface area contributed by atoms with Gasteiger partial charge in [0.15, 0.2) is 5.78 Å². The van der Waals surface area contributed by atoms with Crippen LogP contribution in [0.15, 0.2) is 54.6 Å². The standard InChI is InChI=1S/C16H10ClNO/c17-15-4-2-1-3-13(15)9-10-16(19)14-7-5-12(11-18)6-8-14/h1-10H/b10-9+. The molecule has 0 radical (unpaired) electrons. The summed E-state index contributed by atoms with van der Waals surface area (Å²) in [6, 6.07) is 15.8. The van der Waals surface area contributed by atoms with Crippen LogP contribution in [0.3, 0.4) is 0 Å². The lowest BCUT2D eigenvalue weighted by atomic mass is 10.1. The number of hydrogen-bond donors (Lipinski definition) is 0. The number of benzene rings is 2. The molecule has 92 valence electrons. The molecule has 0 saturated carbocycles. The van der Waals surface area contributed by atoms with Crippen LogP contribution >= 0.6 is 11.6 Å². The van der Waals surface area contributed by atoms with Crippen LogP contribution in [-0.2, 0) is 0 Å². The summed E-state index contributed by atoms with van der Waals surface area (Å²) in [6.07, 6.45) is 3.16. The van der Waals surface area contributed by atoms with Gasteiger partial charge in [-0.1, -0.05) is 29.8 Å². The number of nitrogens with zero attached hydrogens (tertiary/aromatic N) is 1. The molecule has 0 N–H and O–H groups in total. The Labute approximate surface area is 116 Å². The van der Waals surface area contributed by atoms with Crippen LogP contribution in [0.1, 0.15) is 21.5 Å². The number of hydrogen-bond acceptors (Lipinski definition) is 2. The molecule has 0 aliphatic carbocycles. The molecular weight excluding hydrogens is 258 g/mol. The Kier molecular flexibility index (Phi) is 4.12. The zero-order valence-corrected chi connectivity index (χ0v) is 10.8. The molecule has 2 rings (SSSR count). The molecule has 0 aliphatic heterocycles. The Hall–Kier alpha value is -2.37. The maximum absolute atomic E-state index is 11.9. The summed E-state index contributed by atoms with van der Waals surface area (Å²) in [6.45, 7) is 0. The van der Waals surface area contributed by atoms with Crippen molar-refractivity contribution in [3.63, 3.8) is 0 Å². The molecule has 0 heterocycles. The van der Waals surface area contributed by atoms with Gasteiger partial charge in [-0.05, 0) is 48.0 Å². The van der Waals surface area contributed by atoms with E-state index in [9.17, 15) is 4.79 Å². The van der Waals surface area contributed by atoms with Crippen LogP contribution in [-0.4, -0.2) is 5.78 Å². The van der Waals surface area contributed by atoms with E-state index in [1.807, 2.05) is 24.3 Å². The highest BCUT2D eigenvalue weighted by Crippen LogP contribution is 2.16. The summed E-state index contributed by atoms with van der Waals surface area (Å²) in [7, 11) is 0. The van der Waals surface area contributed by atoms with Gasteiger partial charge in [0.1, 0.15) is 0 Å². The van der Waals surface area contributed by atoms with Crippen LogP contribution in [0.2, 0.25) is 5.02 Å². The van der Waals surface area contributed by atoms with Gasteiger partial charge in [-0.3, -0.25) is 4.79 Å². The Morgan fingerprint density at radius 3 is 2.42 bits per heavy atom. The van der Waals surface area contributed by atoms with Crippen LogP contribution in [0, 0.1) is 11.3 Å². The third-order valence-corrected chi connectivity index (χ3v) is 2.96. The van der Waals surface area contributed by atoms with Gasteiger partial charge in [0, 0.05) is 10.6 Å². The zero-order chi connectivity index (χ0) is 13.7. The quantitative estimate of drug-likeness (QED) is 0.620. The van der Waals surface area contributed by atoms with E-state index in [-0.39, 0.29) is 5.78 Å². The Morgan fingerprint density at radius 1 is 1.11 bits per heavy atom. The lowest BCUT2D eigenvalue weighted by Crippen LogP contribution is -1.93. The van der Waals surface area contributed by atoms with Gasteiger partial charge in [0.05, 0.1) is 11.6 Å². The van der Waals surface area contributed by atoms with E-state index in [1.54, 1.807) is 36.4 Å². The van der Waals surface area contributed by atoms with Gasteiger partial charge in [0.25, 0.3) is 0 Å². The number of allylic oxidation sites excluding steroid dienone is 1. The largest absolute Gasteiger partial charge is 0.289 e. The van der Waals surface area contributed by atoms with Gasteiger partial charge in [-0.15, -0.1) is 0 Å². The van der Waals surface area contributed by atoms with E-state index in [1.165, 1.54) is 6.08 Å². The first kappa shape index (κ1) is 13.1. The van der Waals surface area contributed by atoms with Gasteiger partial charge in [-0.25, -0.2) is 0 Å². The molecule has 0 amide bonds. The van der Waals surface area contributed by atoms with Crippen LogP contribution in [0.5, 0.6) is 0 Å². The predicted octanol–water partition coefficient (Wildman–Crippen LogP) is 4.11. The van der Waals surface area contributed by atoms with Crippen molar-refractivity contribution < 1.29 is 4.79 Å². The minimum Gasteiger partial charge on any atom is -0.289 e. The Balaban J connectivity index is 2.17. The molecule has 0 fully saturated rings. The van der Waals surface area contributed by atoms with Gasteiger partial charge >= 0.3 is 0 Å². The third-order valence-electron chi connectivity index (χ3n) is 2.62. The molecule has 2 aromatic rings. The predicted molar refractivity (Wildman–Crippen MR) is 76.0 cm³/mol. The number of nitriles is 1. The van der Waals surface area contributed by atoms with Crippen LogP contribution in [0.4, 0.5) is 0 Å². The molecule has 0 atom stereocenters. The molecule has 3 heteroatoms. The Bertz CT molecular complexity index is 666. The number of halogens is 1. The van der Waals surface area contributed by atoms with Crippen molar-refractivity contribution >= 4 is 23.5 Å². The molecule has 0 spiro atoms. The van der Waals surface area contributed by atoms with Crippen LogP contribution < -0.4 is 0 Å². The summed E-state index contributed by atoms with van der Waals surface area (Å²) < 4.78 is 0. The van der Waals surface area contributed by atoms with Crippen molar-refractivity contribution in [1.82, 2.24) is 0 Å². The lowest BCUT2D eigenvalue weighted by molar-refractivity contribution is 0.104. The van der Waals surface area contributed by atoms with Crippen molar-refractivity contribution in [3.05, 3.63) is 76.3 Å². The summed E-state index contributed by atoms with van der Waals surface area (Å²) >= 11 is 5.99. The zero-order valence-electron chi connectivity index (χ0n) is 10.0.